The number of para-hydroxylation sites is 1. The number of halogens is 1. The van der Waals surface area contributed by atoms with E-state index in [0.717, 1.165) is 28.1 Å². The first-order chi connectivity index (χ1) is 8.99. The normalized spacial score (nSPS) is 10.3. The Kier molecular flexibility index (Phi) is 3.81. The Balaban J connectivity index is 2.46. The van der Waals surface area contributed by atoms with Crippen molar-refractivity contribution in [3.63, 3.8) is 0 Å². The average Bonchev–Trinajstić information content (AvgIpc) is 2.34. The summed E-state index contributed by atoms with van der Waals surface area (Å²) in [6, 6.07) is 10.4. The molecule has 2 aromatic rings. The van der Waals surface area contributed by atoms with Crippen molar-refractivity contribution in [3.8, 4) is 0 Å². The van der Waals surface area contributed by atoms with Crippen LogP contribution >= 0.6 is 12.2 Å². The molecule has 2 nitrogen and oxygen atoms in total. The van der Waals surface area contributed by atoms with E-state index in [9.17, 15) is 4.39 Å². The molecule has 0 saturated carbocycles. The standard InChI is InChI=1S/C15H15FN2S/c1-9-4-3-5-12(15(17)19)14(9)18-13-7-6-11(16)8-10(13)2/h3-8,18H,1-2H3,(H2,17,19). The van der Waals surface area contributed by atoms with Crippen LogP contribution in [-0.2, 0) is 0 Å². The maximum absolute atomic E-state index is 13.1. The second-order valence-corrected chi connectivity index (χ2v) is 4.89. The fourth-order valence-corrected chi connectivity index (χ4v) is 2.11. The molecule has 2 aromatic carbocycles. The van der Waals surface area contributed by atoms with Crippen molar-refractivity contribution in [2.75, 3.05) is 5.32 Å². The zero-order chi connectivity index (χ0) is 14.0. The highest BCUT2D eigenvalue weighted by atomic mass is 32.1. The molecule has 0 aromatic heterocycles. The highest BCUT2D eigenvalue weighted by molar-refractivity contribution is 7.80. The van der Waals surface area contributed by atoms with Crippen LogP contribution in [0, 0.1) is 19.7 Å². The summed E-state index contributed by atoms with van der Waals surface area (Å²) in [4.78, 5) is 0.339. The van der Waals surface area contributed by atoms with E-state index in [1.165, 1.54) is 12.1 Å². The van der Waals surface area contributed by atoms with Crippen LogP contribution in [0.15, 0.2) is 36.4 Å². The van der Waals surface area contributed by atoms with E-state index < -0.39 is 0 Å². The van der Waals surface area contributed by atoms with Gasteiger partial charge in [-0.3, -0.25) is 0 Å². The van der Waals surface area contributed by atoms with Gasteiger partial charge in [-0.05, 0) is 49.2 Å². The van der Waals surface area contributed by atoms with Crippen LogP contribution in [0.4, 0.5) is 15.8 Å². The molecule has 0 bridgehead atoms. The number of rotatable bonds is 3. The predicted octanol–water partition coefficient (Wildman–Crippen LogP) is 3.82. The lowest BCUT2D eigenvalue weighted by Crippen LogP contribution is -2.13. The minimum atomic E-state index is -0.248. The Labute approximate surface area is 117 Å². The van der Waals surface area contributed by atoms with Crippen molar-refractivity contribution in [3.05, 3.63) is 58.9 Å². The Morgan fingerprint density at radius 2 is 1.89 bits per heavy atom. The van der Waals surface area contributed by atoms with Crippen LogP contribution in [0.2, 0.25) is 0 Å². The summed E-state index contributed by atoms with van der Waals surface area (Å²) in [6.07, 6.45) is 0. The molecule has 19 heavy (non-hydrogen) atoms. The van der Waals surface area contributed by atoms with E-state index in [1.54, 1.807) is 6.07 Å². The SMILES string of the molecule is Cc1cc(F)ccc1Nc1c(C)cccc1C(N)=S. The summed E-state index contributed by atoms with van der Waals surface area (Å²) in [6.45, 7) is 3.83. The van der Waals surface area contributed by atoms with Crippen molar-refractivity contribution in [1.29, 1.82) is 0 Å². The van der Waals surface area contributed by atoms with E-state index in [1.807, 2.05) is 32.0 Å². The van der Waals surface area contributed by atoms with Gasteiger partial charge >= 0.3 is 0 Å². The van der Waals surface area contributed by atoms with Crippen molar-refractivity contribution in [2.45, 2.75) is 13.8 Å². The molecule has 0 unspecified atom stereocenters. The third-order valence-electron chi connectivity index (χ3n) is 2.99. The zero-order valence-corrected chi connectivity index (χ0v) is 11.6. The van der Waals surface area contributed by atoms with Gasteiger partial charge in [0.25, 0.3) is 0 Å². The molecule has 0 amide bonds. The number of thiocarbonyl (C=S) groups is 1. The van der Waals surface area contributed by atoms with Gasteiger partial charge in [0.05, 0.1) is 5.69 Å². The number of benzene rings is 2. The summed E-state index contributed by atoms with van der Waals surface area (Å²) in [5, 5.41) is 3.28. The smallest absolute Gasteiger partial charge is 0.123 e. The maximum Gasteiger partial charge on any atom is 0.123 e. The van der Waals surface area contributed by atoms with Gasteiger partial charge in [0.1, 0.15) is 10.8 Å². The molecule has 4 heteroatoms. The van der Waals surface area contributed by atoms with Gasteiger partial charge < -0.3 is 11.1 Å². The third kappa shape index (κ3) is 2.90. The molecule has 98 valence electrons. The molecular weight excluding hydrogens is 259 g/mol. The lowest BCUT2D eigenvalue weighted by atomic mass is 10.1. The number of anilines is 2. The van der Waals surface area contributed by atoms with E-state index in [-0.39, 0.29) is 5.82 Å². The Bertz CT molecular complexity index is 638. The summed E-state index contributed by atoms with van der Waals surface area (Å²) in [5.74, 6) is -0.248. The van der Waals surface area contributed by atoms with Gasteiger partial charge in [0.15, 0.2) is 0 Å². The number of nitrogens with one attached hydrogen (secondary N) is 1. The van der Waals surface area contributed by atoms with E-state index in [2.05, 4.69) is 5.32 Å². The van der Waals surface area contributed by atoms with Crippen molar-refractivity contribution < 1.29 is 4.39 Å². The Hall–Kier alpha value is -1.94. The molecule has 0 aliphatic heterocycles. The molecule has 0 fully saturated rings. The minimum Gasteiger partial charge on any atom is -0.389 e. The Morgan fingerprint density at radius 1 is 1.16 bits per heavy atom. The number of hydrogen-bond acceptors (Lipinski definition) is 2. The molecule has 0 radical (unpaired) electrons. The largest absolute Gasteiger partial charge is 0.389 e. The first-order valence-corrected chi connectivity index (χ1v) is 6.32. The monoisotopic (exact) mass is 274 g/mol. The van der Waals surface area contributed by atoms with E-state index in [4.69, 9.17) is 18.0 Å². The quantitative estimate of drug-likeness (QED) is 0.836. The molecule has 3 N–H and O–H groups in total. The number of aryl methyl sites for hydroxylation is 2. The van der Waals surface area contributed by atoms with Crippen LogP contribution in [0.1, 0.15) is 16.7 Å². The van der Waals surface area contributed by atoms with Crippen LogP contribution < -0.4 is 11.1 Å². The number of nitrogens with two attached hydrogens (primary N) is 1. The molecule has 0 aliphatic rings. The number of hydrogen-bond donors (Lipinski definition) is 2. The zero-order valence-electron chi connectivity index (χ0n) is 10.8. The molecule has 0 aliphatic carbocycles. The second-order valence-electron chi connectivity index (χ2n) is 4.45. The second kappa shape index (κ2) is 5.36. The average molecular weight is 274 g/mol. The van der Waals surface area contributed by atoms with Crippen molar-refractivity contribution in [2.24, 2.45) is 5.73 Å². The van der Waals surface area contributed by atoms with Crippen molar-refractivity contribution in [1.82, 2.24) is 0 Å². The minimum absolute atomic E-state index is 0.248. The summed E-state index contributed by atoms with van der Waals surface area (Å²) < 4.78 is 13.1. The van der Waals surface area contributed by atoms with Crippen molar-refractivity contribution >= 4 is 28.6 Å². The van der Waals surface area contributed by atoms with Crippen LogP contribution in [0.25, 0.3) is 0 Å². The Morgan fingerprint density at radius 3 is 2.53 bits per heavy atom. The lowest BCUT2D eigenvalue weighted by Gasteiger charge is -2.15. The summed E-state index contributed by atoms with van der Waals surface area (Å²) in [5.41, 5.74) is 10.1. The highest BCUT2D eigenvalue weighted by Gasteiger charge is 2.09. The molecular formula is C15H15FN2S. The fraction of sp³-hybridized carbons (Fsp3) is 0.133. The molecule has 0 saturated heterocycles. The van der Waals surface area contributed by atoms with Crippen LogP contribution in [0.3, 0.4) is 0 Å². The summed E-state index contributed by atoms with van der Waals surface area (Å²) in [7, 11) is 0. The molecule has 0 heterocycles. The molecule has 0 atom stereocenters. The molecule has 2 rings (SSSR count). The highest BCUT2D eigenvalue weighted by Crippen LogP contribution is 2.27. The fourth-order valence-electron chi connectivity index (χ4n) is 1.94. The predicted molar refractivity (Wildman–Crippen MR) is 81.5 cm³/mol. The van der Waals surface area contributed by atoms with Gasteiger partial charge in [-0.2, -0.15) is 0 Å². The van der Waals surface area contributed by atoms with Crippen LogP contribution in [-0.4, -0.2) is 4.99 Å². The van der Waals surface area contributed by atoms with Gasteiger partial charge in [0, 0.05) is 11.3 Å². The van der Waals surface area contributed by atoms with E-state index in [0.29, 0.717) is 4.99 Å². The van der Waals surface area contributed by atoms with Gasteiger partial charge in [-0.25, -0.2) is 4.39 Å². The van der Waals surface area contributed by atoms with E-state index >= 15 is 0 Å². The maximum atomic E-state index is 13.1. The van der Waals surface area contributed by atoms with Crippen LogP contribution in [0.5, 0.6) is 0 Å². The summed E-state index contributed by atoms with van der Waals surface area (Å²) >= 11 is 5.06. The first-order valence-electron chi connectivity index (χ1n) is 5.91. The first kappa shape index (κ1) is 13.5. The lowest BCUT2D eigenvalue weighted by molar-refractivity contribution is 0.627. The van der Waals surface area contributed by atoms with Gasteiger partial charge in [0.2, 0.25) is 0 Å². The topological polar surface area (TPSA) is 38.0 Å². The van der Waals surface area contributed by atoms with Gasteiger partial charge in [-0.1, -0.05) is 24.4 Å². The third-order valence-corrected chi connectivity index (χ3v) is 3.21. The van der Waals surface area contributed by atoms with Gasteiger partial charge in [-0.15, -0.1) is 0 Å². The molecule has 0 spiro atoms.